The van der Waals surface area contributed by atoms with Crippen molar-refractivity contribution < 1.29 is 9.84 Å². The van der Waals surface area contributed by atoms with Crippen LogP contribution < -0.4 is 0 Å². The zero-order valence-electron chi connectivity index (χ0n) is 11.8. The van der Waals surface area contributed by atoms with E-state index >= 15 is 0 Å². The molecule has 0 amide bonds. The van der Waals surface area contributed by atoms with Crippen LogP contribution in [0.4, 0.5) is 0 Å². The molecule has 0 bridgehead atoms. The van der Waals surface area contributed by atoms with Gasteiger partial charge in [-0.1, -0.05) is 44.9 Å². The van der Waals surface area contributed by atoms with E-state index in [0.29, 0.717) is 12.5 Å². The maximum absolute atomic E-state index is 10.1. The predicted octanol–water partition coefficient (Wildman–Crippen LogP) is 3.91. The maximum Gasteiger partial charge on any atom is 0.0801 e. The summed E-state index contributed by atoms with van der Waals surface area (Å²) in [5.74, 6) is 1.26. The van der Waals surface area contributed by atoms with E-state index in [9.17, 15) is 5.11 Å². The maximum atomic E-state index is 10.1. The molecule has 1 unspecified atom stereocenters. The minimum absolute atomic E-state index is 0.212. The summed E-state index contributed by atoms with van der Waals surface area (Å²) in [7, 11) is 0. The fourth-order valence-corrected chi connectivity index (χ4v) is 3.54. The van der Waals surface area contributed by atoms with E-state index in [0.717, 1.165) is 12.5 Å². The van der Waals surface area contributed by atoms with Gasteiger partial charge in [-0.25, -0.2) is 0 Å². The van der Waals surface area contributed by atoms with Crippen molar-refractivity contribution >= 4 is 0 Å². The lowest BCUT2D eigenvalue weighted by Gasteiger charge is -2.27. The molecule has 1 N–H and O–H groups in total. The Balaban J connectivity index is 1.58. The van der Waals surface area contributed by atoms with Crippen molar-refractivity contribution in [2.75, 3.05) is 13.2 Å². The van der Waals surface area contributed by atoms with Crippen molar-refractivity contribution in [3.05, 3.63) is 0 Å². The first-order valence-corrected chi connectivity index (χ1v) is 8.12. The lowest BCUT2D eigenvalue weighted by Crippen LogP contribution is -2.28. The van der Waals surface area contributed by atoms with E-state index in [1.165, 1.54) is 70.6 Å². The third-order valence-corrected chi connectivity index (χ3v) is 4.81. The second-order valence-corrected chi connectivity index (χ2v) is 6.36. The molecule has 0 aromatic heterocycles. The molecule has 0 aromatic rings. The van der Waals surface area contributed by atoms with Gasteiger partial charge < -0.3 is 9.84 Å². The van der Waals surface area contributed by atoms with Gasteiger partial charge in [-0.3, -0.25) is 0 Å². The van der Waals surface area contributed by atoms with Gasteiger partial charge in [0.2, 0.25) is 0 Å². The number of aliphatic hydroxyl groups is 1. The van der Waals surface area contributed by atoms with E-state index in [4.69, 9.17) is 4.74 Å². The van der Waals surface area contributed by atoms with Crippen LogP contribution in [0.3, 0.4) is 0 Å². The Bertz CT molecular complexity index is 203. The molecule has 0 radical (unpaired) electrons. The van der Waals surface area contributed by atoms with Crippen molar-refractivity contribution in [2.45, 2.75) is 76.7 Å². The zero-order chi connectivity index (χ0) is 12.6. The van der Waals surface area contributed by atoms with E-state index in [2.05, 4.69) is 0 Å². The topological polar surface area (TPSA) is 29.5 Å². The summed E-state index contributed by atoms with van der Waals surface area (Å²) >= 11 is 0. The molecule has 2 saturated carbocycles. The van der Waals surface area contributed by atoms with Gasteiger partial charge in [0.05, 0.1) is 12.7 Å². The molecule has 0 spiro atoms. The van der Waals surface area contributed by atoms with Crippen LogP contribution in [0.15, 0.2) is 0 Å². The number of hydrogen-bond acceptors (Lipinski definition) is 2. The number of ether oxygens (including phenoxy) is 1. The fourth-order valence-electron chi connectivity index (χ4n) is 3.54. The molecule has 2 rings (SSSR count). The van der Waals surface area contributed by atoms with Crippen LogP contribution in [-0.2, 0) is 4.74 Å². The lowest BCUT2D eigenvalue weighted by atomic mass is 9.85. The van der Waals surface area contributed by atoms with Gasteiger partial charge in [-0.15, -0.1) is 0 Å². The van der Waals surface area contributed by atoms with E-state index in [1.807, 2.05) is 0 Å². The molecule has 2 aliphatic carbocycles. The summed E-state index contributed by atoms with van der Waals surface area (Å²) in [5, 5.41) is 10.1. The second-order valence-electron chi connectivity index (χ2n) is 6.36. The van der Waals surface area contributed by atoms with Crippen LogP contribution in [-0.4, -0.2) is 24.4 Å². The molecule has 2 fully saturated rings. The number of hydrogen-bond donors (Lipinski definition) is 1. The monoisotopic (exact) mass is 254 g/mol. The van der Waals surface area contributed by atoms with Gasteiger partial charge in [0.25, 0.3) is 0 Å². The van der Waals surface area contributed by atoms with Crippen LogP contribution >= 0.6 is 0 Å². The van der Waals surface area contributed by atoms with Crippen LogP contribution in [0.1, 0.15) is 70.6 Å². The zero-order valence-corrected chi connectivity index (χ0v) is 11.8. The highest BCUT2D eigenvalue weighted by atomic mass is 16.5. The lowest BCUT2D eigenvalue weighted by molar-refractivity contribution is -0.0162. The third-order valence-electron chi connectivity index (χ3n) is 4.81. The average Bonchev–Trinajstić information content (AvgIpc) is 2.68. The first-order valence-electron chi connectivity index (χ1n) is 8.12. The molecular formula is C16H30O2. The van der Waals surface area contributed by atoms with Crippen LogP contribution in [0.5, 0.6) is 0 Å². The van der Waals surface area contributed by atoms with E-state index in [1.54, 1.807) is 0 Å². The van der Waals surface area contributed by atoms with Crippen molar-refractivity contribution in [1.82, 2.24) is 0 Å². The molecule has 2 aliphatic rings. The van der Waals surface area contributed by atoms with Gasteiger partial charge >= 0.3 is 0 Å². The third kappa shape index (κ3) is 4.89. The van der Waals surface area contributed by atoms with Gasteiger partial charge in [0.15, 0.2) is 0 Å². The molecule has 0 saturated heterocycles. The molecule has 0 aliphatic heterocycles. The van der Waals surface area contributed by atoms with Gasteiger partial charge in [-0.05, 0) is 37.5 Å². The highest BCUT2D eigenvalue weighted by Crippen LogP contribution is 2.27. The van der Waals surface area contributed by atoms with Gasteiger partial charge in [0.1, 0.15) is 0 Å². The quantitative estimate of drug-likeness (QED) is 0.754. The first-order chi connectivity index (χ1) is 8.86. The van der Waals surface area contributed by atoms with Crippen molar-refractivity contribution in [3.63, 3.8) is 0 Å². The Labute approximate surface area is 112 Å². The van der Waals surface area contributed by atoms with Gasteiger partial charge in [-0.2, -0.15) is 0 Å². The Morgan fingerprint density at radius 2 is 1.39 bits per heavy atom. The van der Waals surface area contributed by atoms with Crippen molar-refractivity contribution in [3.8, 4) is 0 Å². The molecular weight excluding hydrogens is 224 g/mol. The van der Waals surface area contributed by atoms with Gasteiger partial charge in [0, 0.05) is 6.61 Å². The smallest absolute Gasteiger partial charge is 0.0801 e. The van der Waals surface area contributed by atoms with Crippen LogP contribution in [0, 0.1) is 11.8 Å². The highest BCUT2D eigenvalue weighted by molar-refractivity contribution is 4.73. The average molecular weight is 254 g/mol. The summed E-state index contributed by atoms with van der Waals surface area (Å²) in [4.78, 5) is 0. The fraction of sp³-hybridized carbons (Fsp3) is 1.00. The molecule has 0 heterocycles. The summed E-state index contributed by atoms with van der Waals surface area (Å²) < 4.78 is 5.79. The molecule has 0 aromatic carbocycles. The summed E-state index contributed by atoms with van der Waals surface area (Å²) in [6.07, 6.45) is 14.4. The largest absolute Gasteiger partial charge is 0.390 e. The predicted molar refractivity (Wildman–Crippen MR) is 74.6 cm³/mol. The summed E-state index contributed by atoms with van der Waals surface area (Å²) in [6, 6.07) is 0. The Morgan fingerprint density at radius 3 is 2.06 bits per heavy atom. The van der Waals surface area contributed by atoms with Crippen LogP contribution in [0.2, 0.25) is 0 Å². The number of aliphatic hydroxyl groups excluding tert-OH is 1. The Hall–Kier alpha value is -0.0800. The number of rotatable bonds is 5. The van der Waals surface area contributed by atoms with Crippen molar-refractivity contribution in [1.29, 1.82) is 0 Å². The normalized spacial score (nSPS) is 25.8. The minimum Gasteiger partial charge on any atom is -0.390 e. The van der Waals surface area contributed by atoms with E-state index in [-0.39, 0.29) is 6.10 Å². The molecule has 2 heteroatoms. The Morgan fingerprint density at radius 1 is 0.833 bits per heavy atom. The standard InChI is InChI=1S/C16H30O2/c17-16(15-10-6-3-7-11-15)13-18-12-14-8-4-1-2-5-9-14/h14-17H,1-13H2. The van der Waals surface area contributed by atoms with E-state index < -0.39 is 0 Å². The summed E-state index contributed by atoms with van der Waals surface area (Å²) in [6.45, 7) is 1.45. The molecule has 2 nitrogen and oxygen atoms in total. The SMILES string of the molecule is OC(COCC1CCCCCC1)C1CCCCC1. The molecule has 18 heavy (non-hydrogen) atoms. The molecule has 1 atom stereocenters. The first kappa shape index (κ1) is 14.3. The Kier molecular flexibility index (Phi) is 6.50. The molecule has 106 valence electrons. The second kappa shape index (κ2) is 8.16. The summed E-state index contributed by atoms with van der Waals surface area (Å²) in [5.41, 5.74) is 0. The van der Waals surface area contributed by atoms with Crippen molar-refractivity contribution in [2.24, 2.45) is 11.8 Å². The van der Waals surface area contributed by atoms with Crippen LogP contribution in [0.25, 0.3) is 0 Å². The highest BCUT2D eigenvalue weighted by Gasteiger charge is 2.22. The minimum atomic E-state index is -0.212.